The van der Waals surface area contributed by atoms with Gasteiger partial charge in [-0.25, -0.2) is 0 Å². The molecule has 2 nitrogen and oxygen atoms in total. The second-order valence-electron chi connectivity index (χ2n) is 4.28. The molecule has 0 aliphatic carbocycles. The molecule has 16 heavy (non-hydrogen) atoms. The van der Waals surface area contributed by atoms with Crippen LogP contribution >= 0.6 is 11.8 Å². The second kappa shape index (κ2) is 5.11. The van der Waals surface area contributed by atoms with E-state index in [1.54, 1.807) is 18.9 Å². The molecule has 1 aromatic rings. The topological polar surface area (TPSA) is 18.5 Å². The Morgan fingerprint density at radius 1 is 1.38 bits per heavy atom. The number of benzene rings is 1. The van der Waals surface area contributed by atoms with Crippen LogP contribution in [-0.4, -0.2) is 18.6 Å². The van der Waals surface area contributed by atoms with E-state index in [2.05, 4.69) is 26.0 Å². The van der Waals surface area contributed by atoms with Crippen LogP contribution in [0, 0.1) is 5.92 Å². The van der Waals surface area contributed by atoms with Gasteiger partial charge in [0.2, 0.25) is 0 Å². The predicted molar refractivity (Wildman–Crippen MR) is 67.0 cm³/mol. The van der Waals surface area contributed by atoms with Gasteiger partial charge >= 0.3 is 0 Å². The molecule has 0 saturated carbocycles. The Hall–Kier alpha value is -0.670. The van der Waals surface area contributed by atoms with Gasteiger partial charge in [0.1, 0.15) is 11.2 Å². The van der Waals surface area contributed by atoms with Crippen LogP contribution < -0.4 is 4.74 Å². The first-order chi connectivity index (χ1) is 7.69. The molecule has 1 aliphatic heterocycles. The van der Waals surface area contributed by atoms with Gasteiger partial charge in [-0.15, -0.1) is 0 Å². The van der Waals surface area contributed by atoms with Crippen molar-refractivity contribution in [2.75, 3.05) is 7.11 Å². The van der Waals surface area contributed by atoms with Crippen LogP contribution in [0.4, 0.5) is 0 Å². The molecule has 1 fully saturated rings. The zero-order valence-electron chi connectivity index (χ0n) is 9.97. The van der Waals surface area contributed by atoms with E-state index in [9.17, 15) is 0 Å². The van der Waals surface area contributed by atoms with Crippen molar-refractivity contribution in [2.45, 2.75) is 36.7 Å². The second-order valence-corrected chi connectivity index (χ2v) is 5.51. The third-order valence-corrected chi connectivity index (χ3v) is 4.13. The summed E-state index contributed by atoms with van der Waals surface area (Å²) in [7, 11) is 1.69. The number of methoxy groups -OCH3 is 1. The van der Waals surface area contributed by atoms with Crippen LogP contribution in [0.25, 0.3) is 0 Å². The number of hydrogen-bond donors (Lipinski definition) is 0. The van der Waals surface area contributed by atoms with Crippen molar-refractivity contribution in [3.8, 4) is 5.75 Å². The van der Waals surface area contributed by atoms with Crippen molar-refractivity contribution in [3.05, 3.63) is 24.3 Å². The Morgan fingerprint density at radius 3 is 2.81 bits per heavy atom. The largest absolute Gasteiger partial charge is 0.497 e. The van der Waals surface area contributed by atoms with Crippen molar-refractivity contribution in [1.29, 1.82) is 0 Å². The van der Waals surface area contributed by atoms with E-state index in [1.165, 1.54) is 4.90 Å². The van der Waals surface area contributed by atoms with E-state index >= 15 is 0 Å². The van der Waals surface area contributed by atoms with E-state index in [-0.39, 0.29) is 5.44 Å². The molecule has 1 saturated heterocycles. The highest BCUT2D eigenvalue weighted by molar-refractivity contribution is 7.99. The lowest BCUT2D eigenvalue weighted by molar-refractivity contribution is 0.0922. The minimum absolute atomic E-state index is 0.289. The molecule has 3 heteroatoms. The Labute approximate surface area is 101 Å². The number of hydrogen-bond acceptors (Lipinski definition) is 3. The summed E-state index contributed by atoms with van der Waals surface area (Å²) in [4.78, 5) is 1.21. The lowest BCUT2D eigenvalue weighted by atomic mass is 10.1. The smallest absolute Gasteiger partial charge is 0.119 e. The van der Waals surface area contributed by atoms with Crippen LogP contribution in [0.15, 0.2) is 29.2 Å². The van der Waals surface area contributed by atoms with Gasteiger partial charge in [0.25, 0.3) is 0 Å². The molecule has 0 spiro atoms. The van der Waals surface area contributed by atoms with Gasteiger partial charge in [-0.2, -0.15) is 0 Å². The van der Waals surface area contributed by atoms with Crippen molar-refractivity contribution in [1.82, 2.24) is 0 Å². The zero-order chi connectivity index (χ0) is 11.5. The van der Waals surface area contributed by atoms with Gasteiger partial charge < -0.3 is 9.47 Å². The fourth-order valence-electron chi connectivity index (χ4n) is 1.83. The Bertz CT molecular complexity index is 344. The molecule has 0 N–H and O–H groups in total. The van der Waals surface area contributed by atoms with Crippen molar-refractivity contribution in [3.63, 3.8) is 0 Å². The molecule has 1 heterocycles. The minimum Gasteiger partial charge on any atom is -0.497 e. The fraction of sp³-hybridized carbons (Fsp3) is 0.538. The van der Waals surface area contributed by atoms with E-state index in [0.29, 0.717) is 12.0 Å². The normalized spacial score (nSPS) is 29.3. The number of thioether (sulfide) groups is 1. The van der Waals surface area contributed by atoms with E-state index in [1.807, 2.05) is 12.1 Å². The van der Waals surface area contributed by atoms with Gasteiger partial charge in [-0.3, -0.25) is 0 Å². The third kappa shape index (κ3) is 2.71. The highest BCUT2D eigenvalue weighted by atomic mass is 32.2. The van der Waals surface area contributed by atoms with Gasteiger partial charge in [-0.05, 0) is 37.5 Å². The Kier molecular flexibility index (Phi) is 3.77. The van der Waals surface area contributed by atoms with Crippen LogP contribution in [0.5, 0.6) is 5.75 Å². The first kappa shape index (κ1) is 11.8. The molecular weight excluding hydrogens is 220 g/mol. The highest BCUT2D eigenvalue weighted by Gasteiger charge is 2.29. The first-order valence-corrected chi connectivity index (χ1v) is 6.53. The van der Waals surface area contributed by atoms with E-state index in [4.69, 9.17) is 9.47 Å². The van der Waals surface area contributed by atoms with E-state index in [0.717, 1.165) is 12.2 Å². The van der Waals surface area contributed by atoms with Gasteiger partial charge in [0.15, 0.2) is 0 Å². The first-order valence-electron chi connectivity index (χ1n) is 5.65. The quantitative estimate of drug-likeness (QED) is 0.802. The minimum atomic E-state index is 0.289. The molecule has 0 amide bonds. The molecule has 1 aromatic carbocycles. The lowest BCUT2D eigenvalue weighted by Gasteiger charge is -2.11. The van der Waals surface area contributed by atoms with Crippen LogP contribution in [0.3, 0.4) is 0 Å². The summed E-state index contributed by atoms with van der Waals surface area (Å²) in [6, 6.07) is 8.14. The monoisotopic (exact) mass is 238 g/mol. The van der Waals surface area contributed by atoms with E-state index < -0.39 is 0 Å². The molecule has 2 rings (SSSR count). The molecule has 88 valence electrons. The highest BCUT2D eigenvalue weighted by Crippen LogP contribution is 2.37. The van der Waals surface area contributed by atoms with Crippen LogP contribution in [0.1, 0.15) is 20.3 Å². The summed E-state index contributed by atoms with van der Waals surface area (Å²) < 4.78 is 11.1. The van der Waals surface area contributed by atoms with Crippen molar-refractivity contribution < 1.29 is 9.47 Å². The average Bonchev–Trinajstić information content (AvgIpc) is 2.58. The zero-order valence-corrected chi connectivity index (χ0v) is 10.8. The molecular formula is C13H18O2S. The van der Waals surface area contributed by atoms with Crippen molar-refractivity contribution >= 4 is 11.8 Å². The fourth-order valence-corrected chi connectivity index (χ4v) is 3.10. The molecule has 3 atom stereocenters. The van der Waals surface area contributed by atoms with Crippen LogP contribution in [0.2, 0.25) is 0 Å². The van der Waals surface area contributed by atoms with Crippen LogP contribution in [-0.2, 0) is 4.74 Å². The Balaban J connectivity index is 1.99. The summed E-state index contributed by atoms with van der Waals surface area (Å²) in [5.41, 5.74) is 0.289. The Morgan fingerprint density at radius 2 is 2.19 bits per heavy atom. The van der Waals surface area contributed by atoms with Gasteiger partial charge in [0, 0.05) is 4.90 Å². The summed E-state index contributed by atoms with van der Waals surface area (Å²) in [6.45, 7) is 4.40. The molecule has 1 aliphatic rings. The summed E-state index contributed by atoms with van der Waals surface area (Å²) >= 11 is 1.79. The maximum absolute atomic E-state index is 5.87. The third-order valence-electron chi connectivity index (χ3n) is 3.04. The van der Waals surface area contributed by atoms with Crippen molar-refractivity contribution in [2.24, 2.45) is 5.92 Å². The summed E-state index contributed by atoms with van der Waals surface area (Å²) in [6.07, 6.45) is 1.51. The average molecular weight is 238 g/mol. The summed E-state index contributed by atoms with van der Waals surface area (Å²) in [5.74, 6) is 1.56. The molecule has 0 radical (unpaired) electrons. The lowest BCUT2D eigenvalue weighted by Crippen LogP contribution is -2.07. The maximum atomic E-state index is 5.87. The SMILES string of the molecule is COc1cccc(SC2C[C@@H](C)[C@H](C)O2)c1. The predicted octanol–water partition coefficient (Wildman–Crippen LogP) is 3.56. The number of ether oxygens (including phenoxy) is 2. The number of rotatable bonds is 3. The van der Waals surface area contributed by atoms with Gasteiger partial charge in [0.05, 0.1) is 13.2 Å². The summed E-state index contributed by atoms with van der Waals surface area (Å²) in [5, 5.41) is 0. The maximum Gasteiger partial charge on any atom is 0.119 e. The molecule has 1 unspecified atom stereocenters. The molecule has 0 aromatic heterocycles. The standard InChI is InChI=1S/C13H18O2S/c1-9-7-13(15-10(9)2)16-12-6-4-5-11(8-12)14-3/h4-6,8-10,13H,7H2,1-3H3/t9-,10+,13?/m1/s1. The van der Waals surface area contributed by atoms with Gasteiger partial charge in [-0.1, -0.05) is 24.8 Å². The molecule has 0 bridgehead atoms.